The maximum absolute atomic E-state index is 12.6. The summed E-state index contributed by atoms with van der Waals surface area (Å²) in [5, 5.41) is 0. The molecule has 0 aliphatic rings. The number of ether oxygens (including phenoxy) is 1. The Bertz CT molecular complexity index is 331. The first-order valence-corrected chi connectivity index (χ1v) is 4.51. The van der Waals surface area contributed by atoms with Gasteiger partial charge in [0.25, 0.3) is 6.43 Å². The van der Waals surface area contributed by atoms with Gasteiger partial charge in [0, 0.05) is 6.20 Å². The van der Waals surface area contributed by atoms with Crippen molar-refractivity contribution in [3.05, 3.63) is 23.0 Å². The number of alkyl halides is 3. The van der Waals surface area contributed by atoms with Gasteiger partial charge in [0.15, 0.2) is 5.75 Å². The second kappa shape index (κ2) is 4.55. The molecule has 0 spiro atoms. The predicted octanol–water partition coefficient (Wildman–Crippen LogP) is 3.08. The topological polar surface area (TPSA) is 22.1 Å². The monoisotopic (exact) mass is 221 g/mol. The first-order valence-electron chi connectivity index (χ1n) is 3.98. The molecule has 2 nitrogen and oxygen atoms in total. The van der Waals surface area contributed by atoms with Crippen LogP contribution in [0.15, 0.2) is 6.20 Å². The minimum atomic E-state index is -2.57. The van der Waals surface area contributed by atoms with Crippen molar-refractivity contribution in [3.8, 4) is 5.75 Å². The molecule has 0 radical (unpaired) electrons. The molecule has 1 heterocycles. The standard InChI is InChI=1S/C9H10ClF2NO/c1-5-4-13-6(3-10)8(14-2)7(5)9(11)12/h4,9H,3H2,1-2H3. The van der Waals surface area contributed by atoms with Crippen molar-refractivity contribution in [1.82, 2.24) is 4.98 Å². The average Bonchev–Trinajstić information content (AvgIpc) is 2.16. The van der Waals surface area contributed by atoms with Crippen LogP contribution in [0.4, 0.5) is 8.78 Å². The normalized spacial score (nSPS) is 10.7. The molecule has 0 atom stereocenters. The second-order valence-electron chi connectivity index (χ2n) is 2.77. The Balaban J connectivity index is 3.35. The first-order chi connectivity index (χ1) is 6.61. The van der Waals surface area contributed by atoms with E-state index in [1.165, 1.54) is 13.3 Å². The maximum Gasteiger partial charge on any atom is 0.267 e. The summed E-state index contributed by atoms with van der Waals surface area (Å²) < 4.78 is 30.2. The molecule has 0 aromatic carbocycles. The number of rotatable bonds is 3. The minimum absolute atomic E-state index is 0.0587. The zero-order chi connectivity index (χ0) is 10.7. The fraction of sp³-hybridized carbons (Fsp3) is 0.444. The van der Waals surface area contributed by atoms with E-state index in [0.717, 1.165) is 0 Å². The molecule has 0 aliphatic carbocycles. The number of hydrogen-bond acceptors (Lipinski definition) is 2. The van der Waals surface area contributed by atoms with Crippen LogP contribution in [-0.4, -0.2) is 12.1 Å². The molecule has 0 amide bonds. The third-order valence-corrected chi connectivity index (χ3v) is 2.15. The van der Waals surface area contributed by atoms with E-state index in [4.69, 9.17) is 16.3 Å². The van der Waals surface area contributed by atoms with E-state index in [9.17, 15) is 8.78 Å². The minimum Gasteiger partial charge on any atom is -0.494 e. The van der Waals surface area contributed by atoms with E-state index >= 15 is 0 Å². The summed E-state index contributed by atoms with van der Waals surface area (Å²) in [6.07, 6.45) is -1.20. The molecule has 0 bridgehead atoms. The molecule has 1 aromatic heterocycles. The van der Waals surface area contributed by atoms with Crippen LogP contribution in [-0.2, 0) is 5.88 Å². The second-order valence-corrected chi connectivity index (χ2v) is 3.04. The summed E-state index contributed by atoms with van der Waals surface area (Å²) in [5.41, 5.74) is 0.624. The number of methoxy groups -OCH3 is 1. The first kappa shape index (κ1) is 11.2. The summed E-state index contributed by atoms with van der Waals surface area (Å²) in [4.78, 5) is 3.92. The fourth-order valence-corrected chi connectivity index (χ4v) is 1.42. The molecule has 0 N–H and O–H groups in total. The van der Waals surface area contributed by atoms with Crippen molar-refractivity contribution in [2.45, 2.75) is 19.2 Å². The highest BCUT2D eigenvalue weighted by molar-refractivity contribution is 6.17. The number of hydrogen-bond donors (Lipinski definition) is 0. The quantitative estimate of drug-likeness (QED) is 0.732. The lowest BCUT2D eigenvalue weighted by Crippen LogP contribution is -2.01. The summed E-state index contributed by atoms with van der Waals surface area (Å²) in [6, 6.07) is 0. The van der Waals surface area contributed by atoms with E-state index in [2.05, 4.69) is 4.98 Å². The van der Waals surface area contributed by atoms with Crippen LogP contribution in [0.3, 0.4) is 0 Å². The van der Waals surface area contributed by atoms with Gasteiger partial charge in [-0.25, -0.2) is 8.78 Å². The molecule has 14 heavy (non-hydrogen) atoms. The van der Waals surface area contributed by atoms with E-state index < -0.39 is 6.43 Å². The smallest absolute Gasteiger partial charge is 0.267 e. The third-order valence-electron chi connectivity index (χ3n) is 1.89. The largest absolute Gasteiger partial charge is 0.494 e. The summed E-state index contributed by atoms with van der Waals surface area (Å²) >= 11 is 5.55. The molecule has 0 fully saturated rings. The highest BCUT2D eigenvalue weighted by Crippen LogP contribution is 2.34. The van der Waals surface area contributed by atoms with Gasteiger partial charge in [-0.3, -0.25) is 4.98 Å². The van der Waals surface area contributed by atoms with E-state index in [1.54, 1.807) is 6.92 Å². The van der Waals surface area contributed by atoms with Crippen LogP contribution in [0.5, 0.6) is 5.75 Å². The molecule has 0 aliphatic heterocycles. The molecular weight excluding hydrogens is 212 g/mol. The van der Waals surface area contributed by atoms with Gasteiger partial charge >= 0.3 is 0 Å². The number of aryl methyl sites for hydroxylation is 1. The number of halogens is 3. The van der Waals surface area contributed by atoms with Crippen LogP contribution < -0.4 is 4.74 Å². The van der Waals surface area contributed by atoms with Crippen molar-refractivity contribution < 1.29 is 13.5 Å². The van der Waals surface area contributed by atoms with Gasteiger partial charge < -0.3 is 4.74 Å². The molecule has 5 heteroatoms. The van der Waals surface area contributed by atoms with Crippen LogP contribution in [0.2, 0.25) is 0 Å². The lowest BCUT2D eigenvalue weighted by Gasteiger charge is -2.12. The summed E-state index contributed by atoms with van der Waals surface area (Å²) in [5.74, 6) is 0.151. The molecule has 78 valence electrons. The summed E-state index contributed by atoms with van der Waals surface area (Å²) in [7, 11) is 1.33. The van der Waals surface area contributed by atoms with E-state index in [-0.39, 0.29) is 17.2 Å². The van der Waals surface area contributed by atoms with Crippen LogP contribution in [0.1, 0.15) is 23.2 Å². The van der Waals surface area contributed by atoms with E-state index in [0.29, 0.717) is 11.3 Å². The highest BCUT2D eigenvalue weighted by Gasteiger charge is 2.20. The Hall–Kier alpha value is -0.900. The maximum atomic E-state index is 12.6. The Morgan fingerprint density at radius 1 is 1.57 bits per heavy atom. The number of nitrogens with zero attached hydrogens (tertiary/aromatic N) is 1. The van der Waals surface area contributed by atoms with Gasteiger partial charge in [-0.05, 0) is 12.5 Å². The Morgan fingerprint density at radius 3 is 2.64 bits per heavy atom. The lowest BCUT2D eigenvalue weighted by atomic mass is 10.1. The van der Waals surface area contributed by atoms with Crippen molar-refractivity contribution in [2.24, 2.45) is 0 Å². The van der Waals surface area contributed by atoms with Gasteiger partial charge in [0.2, 0.25) is 0 Å². The predicted molar refractivity (Wildman–Crippen MR) is 50.0 cm³/mol. The van der Waals surface area contributed by atoms with Crippen LogP contribution in [0.25, 0.3) is 0 Å². The van der Waals surface area contributed by atoms with Crippen LogP contribution in [0, 0.1) is 6.92 Å². The Morgan fingerprint density at radius 2 is 2.21 bits per heavy atom. The van der Waals surface area contributed by atoms with Gasteiger partial charge in [-0.15, -0.1) is 11.6 Å². The zero-order valence-electron chi connectivity index (χ0n) is 7.85. The van der Waals surface area contributed by atoms with Gasteiger partial charge in [-0.1, -0.05) is 0 Å². The van der Waals surface area contributed by atoms with Crippen molar-refractivity contribution in [1.29, 1.82) is 0 Å². The molecule has 1 aromatic rings. The van der Waals surface area contributed by atoms with Gasteiger partial charge in [-0.2, -0.15) is 0 Å². The molecular formula is C9H10ClF2NO. The third kappa shape index (κ3) is 1.95. The Kier molecular flexibility index (Phi) is 3.63. The zero-order valence-corrected chi connectivity index (χ0v) is 8.61. The average molecular weight is 222 g/mol. The van der Waals surface area contributed by atoms with Crippen molar-refractivity contribution in [3.63, 3.8) is 0 Å². The number of pyridine rings is 1. The molecule has 0 saturated carbocycles. The molecule has 0 saturated heterocycles. The van der Waals surface area contributed by atoms with Crippen molar-refractivity contribution in [2.75, 3.05) is 7.11 Å². The highest BCUT2D eigenvalue weighted by atomic mass is 35.5. The SMILES string of the molecule is COc1c(CCl)ncc(C)c1C(F)F. The Labute approximate surface area is 85.9 Å². The van der Waals surface area contributed by atoms with Gasteiger partial charge in [0.05, 0.1) is 24.2 Å². The summed E-state index contributed by atoms with van der Waals surface area (Å²) in [6.45, 7) is 1.56. The van der Waals surface area contributed by atoms with E-state index in [1.807, 2.05) is 0 Å². The van der Waals surface area contributed by atoms with Crippen molar-refractivity contribution >= 4 is 11.6 Å². The fourth-order valence-electron chi connectivity index (χ4n) is 1.23. The van der Waals surface area contributed by atoms with Crippen LogP contribution >= 0.6 is 11.6 Å². The lowest BCUT2D eigenvalue weighted by molar-refractivity contribution is 0.146. The molecule has 0 unspecified atom stereocenters. The van der Waals surface area contributed by atoms with Gasteiger partial charge in [0.1, 0.15) is 0 Å². The number of aromatic nitrogens is 1. The molecule has 1 rings (SSSR count).